The molecule has 0 N–H and O–H groups in total. The van der Waals surface area contributed by atoms with Crippen molar-refractivity contribution in [2.24, 2.45) is 0 Å². The fourth-order valence-corrected chi connectivity index (χ4v) is 2.15. The molecule has 4 heteroatoms. The molecule has 0 aliphatic carbocycles. The summed E-state index contributed by atoms with van der Waals surface area (Å²) in [6.07, 6.45) is -0.610. The van der Waals surface area contributed by atoms with Gasteiger partial charge in [0.25, 0.3) is 0 Å². The number of hydrogen-bond donors (Lipinski definition) is 0. The average molecular weight is 370 g/mol. The molecular formula is C15H12FIO2. The van der Waals surface area contributed by atoms with Crippen molar-refractivity contribution in [3.05, 3.63) is 63.5 Å². The van der Waals surface area contributed by atoms with E-state index in [1.807, 2.05) is 24.3 Å². The minimum atomic E-state index is -0.610. The molecule has 0 fully saturated rings. The Morgan fingerprint density at radius 1 is 1.16 bits per heavy atom. The van der Waals surface area contributed by atoms with Crippen LogP contribution in [0.3, 0.4) is 0 Å². The van der Waals surface area contributed by atoms with Crippen LogP contribution >= 0.6 is 22.6 Å². The monoisotopic (exact) mass is 370 g/mol. The number of ketones is 1. The molecule has 2 aromatic rings. The quantitative estimate of drug-likeness (QED) is 0.599. The molecule has 2 nitrogen and oxygen atoms in total. The van der Waals surface area contributed by atoms with Gasteiger partial charge in [0.1, 0.15) is 11.6 Å². The second-order valence-electron chi connectivity index (χ2n) is 4.06. The number of benzene rings is 2. The van der Waals surface area contributed by atoms with Gasteiger partial charge in [-0.05, 0) is 65.9 Å². The van der Waals surface area contributed by atoms with Crippen LogP contribution in [0.25, 0.3) is 0 Å². The molecule has 0 aliphatic heterocycles. The van der Waals surface area contributed by atoms with Crippen LogP contribution in [-0.4, -0.2) is 11.9 Å². The molecule has 0 spiro atoms. The number of halogens is 2. The third kappa shape index (κ3) is 3.53. The third-order valence-corrected chi connectivity index (χ3v) is 3.53. The van der Waals surface area contributed by atoms with Gasteiger partial charge in [0.15, 0.2) is 6.10 Å². The molecule has 0 aliphatic rings. The number of carbonyl (C=O) groups is 1. The summed E-state index contributed by atoms with van der Waals surface area (Å²) in [6.45, 7) is 1.69. The Balaban J connectivity index is 2.12. The molecule has 1 unspecified atom stereocenters. The van der Waals surface area contributed by atoms with E-state index in [0.29, 0.717) is 11.3 Å². The van der Waals surface area contributed by atoms with Crippen LogP contribution in [0.2, 0.25) is 0 Å². The molecule has 0 saturated carbocycles. The molecule has 98 valence electrons. The van der Waals surface area contributed by atoms with Crippen LogP contribution in [0.1, 0.15) is 17.3 Å². The number of hydrogen-bond acceptors (Lipinski definition) is 2. The largest absolute Gasteiger partial charge is 0.481 e. The van der Waals surface area contributed by atoms with Gasteiger partial charge in [-0.25, -0.2) is 4.39 Å². The maximum absolute atomic E-state index is 12.8. The first-order chi connectivity index (χ1) is 9.08. The predicted molar refractivity (Wildman–Crippen MR) is 80.0 cm³/mol. The van der Waals surface area contributed by atoms with Crippen LogP contribution in [0, 0.1) is 9.39 Å². The van der Waals surface area contributed by atoms with E-state index in [-0.39, 0.29) is 11.6 Å². The Bertz CT molecular complexity index is 581. The molecule has 0 heterocycles. The first-order valence-electron chi connectivity index (χ1n) is 5.79. The molecule has 19 heavy (non-hydrogen) atoms. The highest BCUT2D eigenvalue weighted by Crippen LogP contribution is 2.21. The smallest absolute Gasteiger partial charge is 0.202 e. The lowest BCUT2D eigenvalue weighted by atomic mass is 10.1. The molecule has 2 rings (SSSR count). The number of carbonyl (C=O) groups excluding carboxylic acids is 1. The molecule has 0 saturated heterocycles. The van der Waals surface area contributed by atoms with E-state index in [4.69, 9.17) is 4.74 Å². The third-order valence-electron chi connectivity index (χ3n) is 2.64. The van der Waals surface area contributed by atoms with Crippen molar-refractivity contribution in [2.45, 2.75) is 13.0 Å². The zero-order valence-electron chi connectivity index (χ0n) is 10.3. The van der Waals surface area contributed by atoms with Crippen molar-refractivity contribution in [1.29, 1.82) is 0 Å². The normalized spacial score (nSPS) is 11.9. The fraction of sp³-hybridized carbons (Fsp3) is 0.133. The minimum absolute atomic E-state index is 0.167. The summed E-state index contributed by atoms with van der Waals surface area (Å²) in [7, 11) is 0. The number of para-hydroxylation sites is 1. The maximum atomic E-state index is 12.8. The molecule has 2 aromatic carbocycles. The van der Waals surface area contributed by atoms with E-state index in [9.17, 15) is 9.18 Å². The van der Waals surface area contributed by atoms with Crippen LogP contribution in [0.5, 0.6) is 5.75 Å². The topological polar surface area (TPSA) is 26.3 Å². The highest BCUT2D eigenvalue weighted by Gasteiger charge is 2.17. The summed E-state index contributed by atoms with van der Waals surface area (Å²) in [5.74, 6) is 0.147. The molecule has 0 radical (unpaired) electrons. The summed E-state index contributed by atoms with van der Waals surface area (Å²) < 4.78 is 19.4. The number of ether oxygens (including phenoxy) is 1. The van der Waals surface area contributed by atoms with Gasteiger partial charge in [0.05, 0.1) is 3.57 Å². The van der Waals surface area contributed by atoms with E-state index < -0.39 is 6.10 Å². The standard InChI is InChI=1S/C15H12FIO2/c1-10(19-14-5-3-2-4-13(14)17)15(18)11-6-8-12(16)9-7-11/h2-10H,1H3. The summed E-state index contributed by atoms with van der Waals surface area (Å²) in [4.78, 5) is 12.1. The number of rotatable bonds is 4. The second-order valence-corrected chi connectivity index (χ2v) is 5.22. The van der Waals surface area contributed by atoms with Crippen molar-refractivity contribution < 1.29 is 13.9 Å². The van der Waals surface area contributed by atoms with Gasteiger partial charge in [-0.15, -0.1) is 0 Å². The Morgan fingerprint density at radius 3 is 2.42 bits per heavy atom. The van der Waals surface area contributed by atoms with E-state index in [2.05, 4.69) is 22.6 Å². The van der Waals surface area contributed by atoms with Gasteiger partial charge >= 0.3 is 0 Å². The highest BCUT2D eigenvalue weighted by atomic mass is 127. The van der Waals surface area contributed by atoms with E-state index in [1.54, 1.807) is 6.92 Å². The van der Waals surface area contributed by atoms with Crippen molar-refractivity contribution in [2.75, 3.05) is 0 Å². The predicted octanol–water partition coefficient (Wildman–Crippen LogP) is 4.08. The Kier molecular flexibility index (Phi) is 4.52. The molecule has 0 amide bonds. The maximum Gasteiger partial charge on any atom is 0.202 e. The first kappa shape index (κ1) is 14.0. The molecule has 0 aromatic heterocycles. The minimum Gasteiger partial charge on any atom is -0.481 e. The van der Waals surface area contributed by atoms with Crippen molar-refractivity contribution in [3.63, 3.8) is 0 Å². The fourth-order valence-electron chi connectivity index (χ4n) is 1.63. The van der Waals surface area contributed by atoms with Gasteiger partial charge in [-0.2, -0.15) is 0 Å². The van der Waals surface area contributed by atoms with Crippen LogP contribution < -0.4 is 4.74 Å². The Hall–Kier alpha value is -1.43. The van der Waals surface area contributed by atoms with Gasteiger partial charge < -0.3 is 4.74 Å². The van der Waals surface area contributed by atoms with Gasteiger partial charge in [-0.3, -0.25) is 4.79 Å². The molecule has 1 atom stereocenters. The zero-order valence-corrected chi connectivity index (χ0v) is 12.4. The first-order valence-corrected chi connectivity index (χ1v) is 6.87. The summed E-state index contributed by atoms with van der Waals surface area (Å²) in [5, 5.41) is 0. The lowest BCUT2D eigenvalue weighted by Crippen LogP contribution is -2.24. The molecular weight excluding hydrogens is 358 g/mol. The molecule has 0 bridgehead atoms. The van der Waals surface area contributed by atoms with Gasteiger partial charge in [-0.1, -0.05) is 12.1 Å². The second kappa shape index (κ2) is 6.14. The lowest BCUT2D eigenvalue weighted by Gasteiger charge is -2.14. The van der Waals surface area contributed by atoms with E-state index >= 15 is 0 Å². The average Bonchev–Trinajstić information content (AvgIpc) is 2.41. The van der Waals surface area contributed by atoms with E-state index in [1.165, 1.54) is 24.3 Å². The Morgan fingerprint density at radius 2 is 1.79 bits per heavy atom. The van der Waals surface area contributed by atoms with Crippen LogP contribution in [0.15, 0.2) is 48.5 Å². The lowest BCUT2D eigenvalue weighted by molar-refractivity contribution is 0.0817. The van der Waals surface area contributed by atoms with Crippen molar-refractivity contribution >= 4 is 28.4 Å². The van der Waals surface area contributed by atoms with Crippen LogP contribution in [0.4, 0.5) is 4.39 Å². The van der Waals surface area contributed by atoms with E-state index in [0.717, 1.165) is 3.57 Å². The van der Waals surface area contributed by atoms with Crippen molar-refractivity contribution in [3.8, 4) is 5.75 Å². The summed E-state index contributed by atoms with van der Waals surface area (Å²) in [6, 6.07) is 13.0. The Labute approximate surface area is 124 Å². The summed E-state index contributed by atoms with van der Waals surface area (Å²) >= 11 is 2.15. The van der Waals surface area contributed by atoms with Gasteiger partial charge in [0, 0.05) is 5.56 Å². The highest BCUT2D eigenvalue weighted by molar-refractivity contribution is 14.1. The zero-order chi connectivity index (χ0) is 13.8. The van der Waals surface area contributed by atoms with Gasteiger partial charge in [0.2, 0.25) is 5.78 Å². The van der Waals surface area contributed by atoms with Crippen LogP contribution in [-0.2, 0) is 0 Å². The SMILES string of the molecule is CC(Oc1ccccc1I)C(=O)c1ccc(F)cc1. The number of Topliss-reactive ketones (excluding diaryl/α,β-unsaturated/α-hetero) is 1. The summed E-state index contributed by atoms with van der Waals surface area (Å²) in [5.41, 5.74) is 0.444. The van der Waals surface area contributed by atoms with Crippen molar-refractivity contribution in [1.82, 2.24) is 0 Å².